The highest BCUT2D eigenvalue weighted by Crippen LogP contribution is 2.23. The number of aromatic nitrogens is 2. The number of amides is 1. The van der Waals surface area contributed by atoms with Gasteiger partial charge < -0.3 is 9.73 Å². The molecule has 6 nitrogen and oxygen atoms in total. The second kappa shape index (κ2) is 9.82. The third-order valence-corrected chi connectivity index (χ3v) is 5.32. The van der Waals surface area contributed by atoms with E-state index in [2.05, 4.69) is 22.4 Å². The fraction of sp³-hybridized carbons (Fsp3) is 0.350. The highest BCUT2D eigenvalue weighted by molar-refractivity contribution is 7.13. The average molecular weight is 419 g/mol. The predicted octanol–water partition coefficient (Wildman–Crippen LogP) is 4.54. The molecule has 1 atom stereocenters. The van der Waals surface area contributed by atoms with Crippen LogP contribution < -0.4 is 5.32 Å². The molecule has 2 heterocycles. The summed E-state index contributed by atoms with van der Waals surface area (Å²) in [5.41, 5.74) is 1.01. The van der Waals surface area contributed by atoms with Crippen LogP contribution in [-0.2, 0) is 11.3 Å². The third kappa shape index (κ3) is 5.64. The minimum absolute atomic E-state index is 0.0473. The van der Waals surface area contributed by atoms with Crippen molar-refractivity contribution in [2.45, 2.75) is 32.9 Å². The number of rotatable bonds is 9. The Balaban J connectivity index is 1.57. The van der Waals surface area contributed by atoms with E-state index < -0.39 is 0 Å². The number of carbonyl (C=O) groups is 1. The molecule has 3 aromatic rings. The zero-order valence-electron chi connectivity index (χ0n) is 15.9. The van der Waals surface area contributed by atoms with Gasteiger partial charge in [-0.2, -0.15) is 0 Å². The molecule has 1 amide bonds. The molecule has 0 saturated heterocycles. The van der Waals surface area contributed by atoms with Crippen molar-refractivity contribution >= 4 is 28.8 Å². The molecular formula is C20H23ClN4O2S. The van der Waals surface area contributed by atoms with E-state index in [-0.39, 0.29) is 18.5 Å². The van der Waals surface area contributed by atoms with Crippen LogP contribution in [0.3, 0.4) is 0 Å². The Morgan fingerprint density at radius 2 is 2.07 bits per heavy atom. The number of nitrogens with zero attached hydrogens (tertiary/aromatic N) is 3. The van der Waals surface area contributed by atoms with Gasteiger partial charge in [-0.3, -0.25) is 9.69 Å². The van der Waals surface area contributed by atoms with Crippen LogP contribution in [0.5, 0.6) is 0 Å². The van der Waals surface area contributed by atoms with Crippen LogP contribution in [0.2, 0.25) is 5.02 Å². The van der Waals surface area contributed by atoms with E-state index >= 15 is 0 Å². The first-order chi connectivity index (χ1) is 13.5. The Hall–Kier alpha value is -2.22. The van der Waals surface area contributed by atoms with Crippen molar-refractivity contribution in [1.82, 2.24) is 20.4 Å². The van der Waals surface area contributed by atoms with Crippen LogP contribution >= 0.6 is 22.9 Å². The van der Waals surface area contributed by atoms with Gasteiger partial charge in [0.25, 0.3) is 5.89 Å². The fourth-order valence-electron chi connectivity index (χ4n) is 2.86. The SMILES string of the molecule is CCCN(CC(=O)N[C@@H](C)c1ccc(Cl)cc1)Cc1nnc(-c2cccs2)o1. The second-order valence-corrected chi connectivity index (χ2v) is 7.91. The molecule has 0 spiro atoms. The normalized spacial score (nSPS) is 12.3. The Labute approximate surface area is 173 Å². The first-order valence-corrected chi connectivity index (χ1v) is 10.4. The molecule has 0 aliphatic rings. The summed E-state index contributed by atoms with van der Waals surface area (Å²) in [6.07, 6.45) is 0.923. The summed E-state index contributed by atoms with van der Waals surface area (Å²) in [4.78, 5) is 15.5. The van der Waals surface area contributed by atoms with Crippen LogP contribution in [0.25, 0.3) is 10.8 Å². The van der Waals surface area contributed by atoms with Crippen LogP contribution in [0.15, 0.2) is 46.2 Å². The zero-order valence-corrected chi connectivity index (χ0v) is 17.5. The van der Waals surface area contributed by atoms with Gasteiger partial charge in [-0.25, -0.2) is 0 Å². The van der Waals surface area contributed by atoms with Crippen molar-refractivity contribution in [3.8, 4) is 10.8 Å². The van der Waals surface area contributed by atoms with Crippen molar-refractivity contribution in [1.29, 1.82) is 0 Å². The number of hydrogen-bond acceptors (Lipinski definition) is 6. The lowest BCUT2D eigenvalue weighted by Crippen LogP contribution is -2.38. The standard InChI is InChI=1S/C20H23ClN4O2S/c1-3-10-25(13-19-23-24-20(27-19)17-5-4-11-28-17)12-18(26)22-14(2)15-6-8-16(21)9-7-15/h4-9,11,14H,3,10,12-13H2,1-2H3,(H,22,26)/t14-/m0/s1. The summed E-state index contributed by atoms with van der Waals surface area (Å²) in [6.45, 7) is 5.50. The van der Waals surface area contributed by atoms with E-state index in [0.717, 1.165) is 23.4 Å². The number of carbonyl (C=O) groups excluding carboxylic acids is 1. The summed E-state index contributed by atoms with van der Waals surface area (Å²) in [5, 5.41) is 13.9. The number of benzene rings is 1. The van der Waals surface area contributed by atoms with Crippen molar-refractivity contribution in [3.05, 3.63) is 58.3 Å². The van der Waals surface area contributed by atoms with Crippen molar-refractivity contribution < 1.29 is 9.21 Å². The molecule has 0 aliphatic heterocycles. The van der Waals surface area contributed by atoms with E-state index in [1.807, 2.05) is 53.6 Å². The second-order valence-electron chi connectivity index (χ2n) is 6.53. The van der Waals surface area contributed by atoms with E-state index in [1.165, 1.54) is 0 Å². The monoisotopic (exact) mass is 418 g/mol. The van der Waals surface area contributed by atoms with E-state index in [9.17, 15) is 4.79 Å². The van der Waals surface area contributed by atoms with Crippen molar-refractivity contribution in [2.75, 3.05) is 13.1 Å². The van der Waals surface area contributed by atoms with Crippen molar-refractivity contribution in [3.63, 3.8) is 0 Å². The maximum absolute atomic E-state index is 12.5. The molecule has 0 aliphatic carbocycles. The first kappa shape index (κ1) is 20.5. The average Bonchev–Trinajstić information content (AvgIpc) is 3.33. The lowest BCUT2D eigenvalue weighted by molar-refractivity contribution is -0.123. The Morgan fingerprint density at radius 1 is 1.29 bits per heavy atom. The number of hydrogen-bond donors (Lipinski definition) is 1. The van der Waals surface area contributed by atoms with Crippen LogP contribution in [0.4, 0.5) is 0 Å². The Morgan fingerprint density at radius 3 is 2.75 bits per heavy atom. The summed E-state index contributed by atoms with van der Waals surface area (Å²) in [6, 6.07) is 11.3. The minimum Gasteiger partial charge on any atom is -0.419 e. The molecule has 0 radical (unpaired) electrons. The van der Waals surface area contributed by atoms with Gasteiger partial charge in [0.05, 0.1) is 24.0 Å². The maximum atomic E-state index is 12.5. The van der Waals surface area contributed by atoms with Gasteiger partial charge in [-0.1, -0.05) is 36.7 Å². The molecule has 3 rings (SSSR count). The zero-order chi connectivity index (χ0) is 19.9. The summed E-state index contributed by atoms with van der Waals surface area (Å²) in [7, 11) is 0. The lowest BCUT2D eigenvalue weighted by Gasteiger charge is -2.21. The molecule has 8 heteroatoms. The summed E-state index contributed by atoms with van der Waals surface area (Å²) in [5.74, 6) is 0.978. The fourth-order valence-corrected chi connectivity index (χ4v) is 3.63. The number of thiophene rings is 1. The first-order valence-electron chi connectivity index (χ1n) is 9.18. The Bertz CT molecular complexity index is 880. The van der Waals surface area contributed by atoms with Crippen LogP contribution in [0, 0.1) is 0 Å². The quantitative estimate of drug-likeness (QED) is 0.552. The minimum atomic E-state index is -0.0953. The summed E-state index contributed by atoms with van der Waals surface area (Å²) < 4.78 is 5.75. The Kier molecular flexibility index (Phi) is 7.19. The van der Waals surface area contributed by atoms with Gasteiger partial charge in [-0.05, 0) is 49.0 Å². The number of nitrogens with one attached hydrogen (secondary N) is 1. The van der Waals surface area contributed by atoms with Gasteiger partial charge >= 0.3 is 0 Å². The van der Waals surface area contributed by atoms with Gasteiger partial charge in [0.1, 0.15) is 0 Å². The topological polar surface area (TPSA) is 71.3 Å². The maximum Gasteiger partial charge on any atom is 0.257 e. The molecule has 1 N–H and O–H groups in total. The molecule has 28 heavy (non-hydrogen) atoms. The van der Waals surface area contributed by atoms with Gasteiger partial charge in [-0.15, -0.1) is 21.5 Å². The molecular weight excluding hydrogens is 396 g/mol. The highest BCUT2D eigenvalue weighted by Gasteiger charge is 2.17. The van der Waals surface area contributed by atoms with E-state index in [0.29, 0.717) is 23.3 Å². The largest absolute Gasteiger partial charge is 0.419 e. The lowest BCUT2D eigenvalue weighted by atomic mass is 10.1. The van der Waals surface area contributed by atoms with Crippen LogP contribution in [-0.4, -0.2) is 34.1 Å². The van der Waals surface area contributed by atoms with Gasteiger partial charge in [0.15, 0.2) is 0 Å². The van der Waals surface area contributed by atoms with E-state index in [4.69, 9.17) is 16.0 Å². The van der Waals surface area contributed by atoms with Crippen LogP contribution in [0.1, 0.15) is 37.8 Å². The highest BCUT2D eigenvalue weighted by atomic mass is 35.5. The molecule has 0 saturated carbocycles. The smallest absolute Gasteiger partial charge is 0.257 e. The molecule has 2 aromatic heterocycles. The molecule has 0 unspecified atom stereocenters. The molecule has 148 valence electrons. The summed E-state index contributed by atoms with van der Waals surface area (Å²) >= 11 is 7.48. The van der Waals surface area contributed by atoms with Gasteiger partial charge in [0, 0.05) is 5.02 Å². The third-order valence-electron chi connectivity index (χ3n) is 4.21. The van der Waals surface area contributed by atoms with E-state index in [1.54, 1.807) is 11.3 Å². The number of halogens is 1. The predicted molar refractivity (Wildman–Crippen MR) is 111 cm³/mol. The molecule has 0 fully saturated rings. The van der Waals surface area contributed by atoms with Crippen molar-refractivity contribution in [2.24, 2.45) is 0 Å². The molecule has 0 bridgehead atoms. The van der Waals surface area contributed by atoms with Gasteiger partial charge in [0.2, 0.25) is 11.8 Å². The molecule has 1 aromatic carbocycles.